The molecule has 1 unspecified atom stereocenters. The highest BCUT2D eigenvalue weighted by Crippen LogP contribution is 2.37. The van der Waals surface area contributed by atoms with E-state index in [1.807, 2.05) is 19.9 Å². The average Bonchev–Trinajstić information content (AvgIpc) is 3.24. The van der Waals surface area contributed by atoms with Gasteiger partial charge < -0.3 is 19.4 Å². The number of hydrogen-bond donors (Lipinski definition) is 1. The summed E-state index contributed by atoms with van der Waals surface area (Å²) in [5.41, 5.74) is 8.68. The Kier molecular flexibility index (Phi) is 5.64. The minimum absolute atomic E-state index is 0.579. The molecule has 0 bridgehead atoms. The Hall–Kier alpha value is -3.22. The van der Waals surface area contributed by atoms with Crippen molar-refractivity contribution in [1.82, 2.24) is 15.0 Å². The summed E-state index contributed by atoms with van der Waals surface area (Å²) in [6.07, 6.45) is 1.08. The normalized spacial score (nSPS) is 15.8. The number of rotatable bonds is 4. The van der Waals surface area contributed by atoms with E-state index in [1.54, 1.807) is 13.2 Å². The fraction of sp³-hybridized carbons (Fsp3) is 0.333. The third kappa shape index (κ3) is 4.12. The Morgan fingerprint density at radius 2 is 1.70 bits per heavy atom. The topological polar surface area (TPSA) is 65.6 Å². The number of piperazine rings is 1. The molecule has 1 aliphatic rings. The van der Waals surface area contributed by atoms with E-state index in [4.69, 9.17) is 9.51 Å². The molecule has 0 spiro atoms. The Balaban J connectivity index is 1.65. The molecule has 2 aromatic heterocycles. The highest BCUT2D eigenvalue weighted by Gasteiger charge is 2.19. The molecule has 0 amide bonds. The van der Waals surface area contributed by atoms with Gasteiger partial charge in [0, 0.05) is 42.8 Å². The van der Waals surface area contributed by atoms with Crippen molar-refractivity contribution in [2.24, 2.45) is 0 Å². The van der Waals surface area contributed by atoms with Crippen LogP contribution in [-0.4, -0.2) is 53.4 Å². The van der Waals surface area contributed by atoms with Crippen molar-refractivity contribution < 1.29 is 9.63 Å². The highest BCUT2D eigenvalue weighted by atomic mass is 16.5. The number of nitrogens with zero attached hydrogens (tertiary/aromatic N) is 4. The van der Waals surface area contributed by atoms with E-state index < -0.39 is 6.10 Å². The number of aromatic nitrogens is 2. The Bertz CT molecular complexity index is 1290. The Labute approximate surface area is 194 Å². The molecular formula is C27H30N4O2. The molecule has 1 saturated heterocycles. The first-order valence-corrected chi connectivity index (χ1v) is 11.5. The zero-order chi connectivity index (χ0) is 23.1. The van der Waals surface area contributed by atoms with Crippen molar-refractivity contribution in [3.05, 3.63) is 65.5 Å². The minimum atomic E-state index is -0.579. The van der Waals surface area contributed by atoms with Crippen molar-refractivity contribution in [1.29, 1.82) is 0 Å². The molecule has 0 aliphatic carbocycles. The standard InChI is InChI=1S/C27H30N4O2/c1-17-13-22(19(3)32)24-15-23(27(28-26(24)14-17)25-16-33-29-18(25)2)20-5-7-21(8-6-20)31-11-9-30(4)10-12-31/h5-8,13-16,19,32H,9-12H2,1-4H3. The van der Waals surface area contributed by atoms with E-state index in [0.717, 1.165) is 76.3 Å². The smallest absolute Gasteiger partial charge is 0.133 e. The van der Waals surface area contributed by atoms with Crippen LogP contribution in [0.25, 0.3) is 33.3 Å². The molecule has 4 aromatic rings. The molecule has 1 fully saturated rings. The first-order chi connectivity index (χ1) is 15.9. The van der Waals surface area contributed by atoms with Gasteiger partial charge in [-0.1, -0.05) is 23.4 Å². The lowest BCUT2D eigenvalue weighted by molar-refractivity contribution is 0.201. The summed E-state index contributed by atoms with van der Waals surface area (Å²) in [5, 5.41) is 15.5. The molecule has 0 saturated carbocycles. The number of aliphatic hydroxyl groups is 1. The lowest BCUT2D eigenvalue weighted by Crippen LogP contribution is -2.44. The van der Waals surface area contributed by atoms with Gasteiger partial charge in [-0.2, -0.15) is 0 Å². The maximum absolute atomic E-state index is 10.4. The molecule has 1 N–H and O–H groups in total. The number of aryl methyl sites for hydroxylation is 2. The summed E-state index contributed by atoms with van der Waals surface area (Å²) >= 11 is 0. The van der Waals surface area contributed by atoms with Gasteiger partial charge in [0.2, 0.25) is 0 Å². The van der Waals surface area contributed by atoms with E-state index in [2.05, 4.69) is 58.4 Å². The van der Waals surface area contributed by atoms with Crippen molar-refractivity contribution >= 4 is 16.6 Å². The summed E-state index contributed by atoms with van der Waals surface area (Å²) in [5.74, 6) is 0. The van der Waals surface area contributed by atoms with E-state index in [0.29, 0.717) is 0 Å². The van der Waals surface area contributed by atoms with Crippen LogP contribution in [0, 0.1) is 13.8 Å². The molecule has 6 nitrogen and oxygen atoms in total. The zero-order valence-electron chi connectivity index (χ0n) is 19.7. The zero-order valence-corrected chi connectivity index (χ0v) is 19.7. The van der Waals surface area contributed by atoms with E-state index in [1.165, 1.54) is 5.69 Å². The van der Waals surface area contributed by atoms with Crippen LogP contribution in [0.2, 0.25) is 0 Å². The summed E-state index contributed by atoms with van der Waals surface area (Å²) in [6.45, 7) is 10.00. The molecule has 6 heteroatoms. The number of hydrogen-bond acceptors (Lipinski definition) is 6. The van der Waals surface area contributed by atoms with Crippen LogP contribution < -0.4 is 4.90 Å². The quantitative estimate of drug-likeness (QED) is 0.481. The van der Waals surface area contributed by atoms with Crippen LogP contribution >= 0.6 is 0 Å². The van der Waals surface area contributed by atoms with E-state index >= 15 is 0 Å². The Morgan fingerprint density at radius 3 is 2.33 bits per heavy atom. The van der Waals surface area contributed by atoms with Gasteiger partial charge in [-0.25, -0.2) is 4.98 Å². The average molecular weight is 443 g/mol. The molecule has 33 heavy (non-hydrogen) atoms. The summed E-state index contributed by atoms with van der Waals surface area (Å²) in [4.78, 5) is 9.85. The predicted molar refractivity (Wildman–Crippen MR) is 132 cm³/mol. The van der Waals surface area contributed by atoms with Crippen molar-refractivity contribution in [3.8, 4) is 22.4 Å². The molecule has 170 valence electrons. The molecule has 1 atom stereocenters. The maximum Gasteiger partial charge on any atom is 0.133 e. The van der Waals surface area contributed by atoms with E-state index in [9.17, 15) is 5.11 Å². The first kappa shape index (κ1) is 21.6. The molecule has 1 aliphatic heterocycles. The van der Waals surface area contributed by atoms with Crippen molar-refractivity contribution in [3.63, 3.8) is 0 Å². The summed E-state index contributed by atoms with van der Waals surface area (Å²) in [7, 11) is 2.17. The van der Waals surface area contributed by atoms with Gasteiger partial charge in [-0.15, -0.1) is 0 Å². The van der Waals surface area contributed by atoms with Crippen LogP contribution in [0.4, 0.5) is 5.69 Å². The van der Waals surface area contributed by atoms with Crippen LogP contribution in [0.15, 0.2) is 53.3 Å². The molecule has 3 heterocycles. The van der Waals surface area contributed by atoms with Gasteiger partial charge in [-0.3, -0.25) is 0 Å². The highest BCUT2D eigenvalue weighted by molar-refractivity contribution is 5.94. The fourth-order valence-electron chi connectivity index (χ4n) is 4.66. The van der Waals surface area contributed by atoms with Crippen molar-refractivity contribution in [2.45, 2.75) is 26.9 Å². The fourth-order valence-corrected chi connectivity index (χ4v) is 4.66. The molecular weight excluding hydrogens is 412 g/mol. The largest absolute Gasteiger partial charge is 0.389 e. The van der Waals surface area contributed by atoms with Crippen LogP contribution in [0.3, 0.4) is 0 Å². The van der Waals surface area contributed by atoms with Gasteiger partial charge in [0.1, 0.15) is 6.26 Å². The number of likely N-dealkylation sites (N-methyl/N-ethyl adjacent to an activating group) is 1. The van der Waals surface area contributed by atoms with Crippen LogP contribution in [0.1, 0.15) is 29.8 Å². The number of benzene rings is 2. The molecule has 5 rings (SSSR count). The predicted octanol–water partition coefficient (Wildman–Crippen LogP) is 4.98. The van der Waals surface area contributed by atoms with Crippen molar-refractivity contribution in [2.75, 3.05) is 38.1 Å². The number of aliphatic hydroxyl groups excluding tert-OH is 1. The number of fused-ring (bicyclic) bond motifs is 1. The first-order valence-electron chi connectivity index (χ1n) is 11.5. The summed E-state index contributed by atoms with van der Waals surface area (Å²) < 4.78 is 5.25. The van der Waals surface area contributed by atoms with Gasteiger partial charge in [0.25, 0.3) is 0 Å². The second-order valence-corrected chi connectivity index (χ2v) is 9.13. The summed E-state index contributed by atoms with van der Waals surface area (Å²) in [6, 6.07) is 15.0. The number of pyridine rings is 1. The lowest BCUT2D eigenvalue weighted by Gasteiger charge is -2.34. The molecule has 2 aromatic carbocycles. The van der Waals surface area contributed by atoms with Gasteiger partial charge in [-0.05, 0) is 68.8 Å². The monoisotopic (exact) mass is 442 g/mol. The third-order valence-electron chi connectivity index (χ3n) is 6.61. The third-order valence-corrected chi connectivity index (χ3v) is 6.61. The second-order valence-electron chi connectivity index (χ2n) is 9.13. The number of anilines is 1. The van der Waals surface area contributed by atoms with Gasteiger partial charge >= 0.3 is 0 Å². The van der Waals surface area contributed by atoms with Crippen LogP contribution in [0.5, 0.6) is 0 Å². The maximum atomic E-state index is 10.4. The molecule has 0 radical (unpaired) electrons. The lowest BCUT2D eigenvalue weighted by atomic mass is 9.94. The van der Waals surface area contributed by atoms with Gasteiger partial charge in [0.15, 0.2) is 0 Å². The van der Waals surface area contributed by atoms with Crippen LogP contribution in [-0.2, 0) is 0 Å². The minimum Gasteiger partial charge on any atom is -0.389 e. The second kappa shape index (κ2) is 8.61. The Morgan fingerprint density at radius 1 is 0.970 bits per heavy atom. The van der Waals surface area contributed by atoms with Gasteiger partial charge in [0.05, 0.1) is 28.6 Å². The SMILES string of the molecule is Cc1cc(C(C)O)c2cc(-c3ccc(N4CCN(C)CC4)cc3)c(-c3conc3C)nc2c1. The van der Waals surface area contributed by atoms with E-state index in [-0.39, 0.29) is 0 Å².